The van der Waals surface area contributed by atoms with Gasteiger partial charge in [0.2, 0.25) is 0 Å². The van der Waals surface area contributed by atoms with Gasteiger partial charge in [0.25, 0.3) is 0 Å². The molecule has 0 amide bonds. The highest BCUT2D eigenvalue weighted by Gasteiger charge is 2.16. The van der Waals surface area contributed by atoms with Crippen LogP contribution in [0.2, 0.25) is 0 Å². The van der Waals surface area contributed by atoms with E-state index in [0.29, 0.717) is 17.7 Å². The second kappa shape index (κ2) is 4.88. The summed E-state index contributed by atoms with van der Waals surface area (Å²) >= 11 is 0. The van der Waals surface area contributed by atoms with Crippen molar-refractivity contribution in [2.24, 2.45) is 0 Å². The molecule has 0 aliphatic rings. The van der Waals surface area contributed by atoms with Crippen molar-refractivity contribution >= 4 is 5.78 Å². The summed E-state index contributed by atoms with van der Waals surface area (Å²) in [4.78, 5) is 12.1. The number of benzene rings is 2. The van der Waals surface area contributed by atoms with Gasteiger partial charge in [-0.3, -0.25) is 4.79 Å². The second-order valence-electron chi connectivity index (χ2n) is 4.46. The molecule has 2 rings (SSSR count). The van der Waals surface area contributed by atoms with Crippen LogP contribution in [0.3, 0.4) is 0 Å². The molecule has 2 aromatic carbocycles. The molecule has 19 heavy (non-hydrogen) atoms. The summed E-state index contributed by atoms with van der Waals surface area (Å²) in [5.41, 5.74) is 1.85. The monoisotopic (exact) mass is 264 g/mol. The van der Waals surface area contributed by atoms with E-state index in [9.17, 15) is 18.0 Å². The van der Waals surface area contributed by atoms with Crippen molar-refractivity contribution in [3.05, 3.63) is 70.0 Å². The van der Waals surface area contributed by atoms with Crippen LogP contribution in [0, 0.1) is 31.3 Å². The molecule has 0 aliphatic heterocycles. The zero-order chi connectivity index (χ0) is 14.2. The Kier molecular flexibility index (Phi) is 3.42. The lowest BCUT2D eigenvalue weighted by Gasteiger charge is -2.05. The van der Waals surface area contributed by atoms with E-state index in [4.69, 9.17) is 0 Å². The fourth-order valence-electron chi connectivity index (χ4n) is 1.96. The zero-order valence-corrected chi connectivity index (χ0v) is 10.4. The van der Waals surface area contributed by atoms with Crippen LogP contribution >= 0.6 is 0 Å². The molecule has 0 N–H and O–H groups in total. The summed E-state index contributed by atoms with van der Waals surface area (Å²) in [5.74, 6) is -4.85. The van der Waals surface area contributed by atoms with Gasteiger partial charge in [-0.2, -0.15) is 0 Å². The van der Waals surface area contributed by atoms with E-state index < -0.39 is 23.2 Å². The molecule has 0 bridgehead atoms. The molecule has 0 aliphatic carbocycles. The minimum atomic E-state index is -1.57. The molecule has 0 unspecified atom stereocenters. The lowest BCUT2D eigenvalue weighted by molar-refractivity contribution is 0.103. The predicted molar refractivity (Wildman–Crippen MR) is 65.7 cm³/mol. The number of ketones is 1. The maximum atomic E-state index is 13.1. The molecule has 0 saturated heterocycles. The first kappa shape index (κ1) is 13.3. The Morgan fingerprint density at radius 1 is 0.789 bits per heavy atom. The first-order valence-electron chi connectivity index (χ1n) is 5.66. The minimum absolute atomic E-state index is 0.207. The third-order valence-corrected chi connectivity index (χ3v) is 2.73. The average Bonchev–Trinajstić information content (AvgIpc) is 2.33. The number of carbonyl (C=O) groups is 1. The maximum absolute atomic E-state index is 13.1. The molecule has 0 spiro atoms. The van der Waals surface area contributed by atoms with E-state index in [0.717, 1.165) is 11.1 Å². The number of hydrogen-bond acceptors (Lipinski definition) is 1. The van der Waals surface area contributed by atoms with Gasteiger partial charge in [0.15, 0.2) is 23.2 Å². The highest BCUT2D eigenvalue weighted by atomic mass is 19.2. The Balaban J connectivity index is 2.50. The molecule has 0 atom stereocenters. The molecule has 0 fully saturated rings. The second-order valence-corrected chi connectivity index (χ2v) is 4.46. The summed E-state index contributed by atoms with van der Waals surface area (Å²) in [6.07, 6.45) is 0. The van der Waals surface area contributed by atoms with Crippen LogP contribution in [0.4, 0.5) is 13.2 Å². The van der Waals surface area contributed by atoms with Crippen molar-refractivity contribution in [3.63, 3.8) is 0 Å². The number of carbonyl (C=O) groups excluding carboxylic acids is 1. The molecule has 1 nitrogen and oxygen atoms in total. The zero-order valence-electron chi connectivity index (χ0n) is 10.4. The van der Waals surface area contributed by atoms with Gasteiger partial charge in [-0.1, -0.05) is 17.2 Å². The third-order valence-electron chi connectivity index (χ3n) is 2.73. The summed E-state index contributed by atoms with van der Waals surface area (Å²) in [5, 5.41) is 0. The Bertz CT molecular complexity index is 619. The summed E-state index contributed by atoms with van der Waals surface area (Å²) in [6.45, 7) is 3.63. The third kappa shape index (κ3) is 2.67. The number of rotatable bonds is 2. The number of aryl methyl sites for hydroxylation is 2. The predicted octanol–water partition coefficient (Wildman–Crippen LogP) is 3.95. The van der Waals surface area contributed by atoms with Crippen molar-refractivity contribution in [1.29, 1.82) is 0 Å². The molecular weight excluding hydrogens is 253 g/mol. The SMILES string of the molecule is Cc1cc(C)cc(C(=O)c2cc(F)c(F)c(F)c2)c1. The summed E-state index contributed by atoms with van der Waals surface area (Å²) < 4.78 is 39.1. The largest absolute Gasteiger partial charge is 0.289 e. The molecule has 0 aromatic heterocycles. The van der Waals surface area contributed by atoms with Gasteiger partial charge in [-0.25, -0.2) is 13.2 Å². The Morgan fingerprint density at radius 2 is 1.21 bits per heavy atom. The fourth-order valence-corrected chi connectivity index (χ4v) is 1.96. The molecular formula is C15H11F3O. The fraction of sp³-hybridized carbons (Fsp3) is 0.133. The van der Waals surface area contributed by atoms with Crippen molar-refractivity contribution in [1.82, 2.24) is 0 Å². The van der Waals surface area contributed by atoms with Gasteiger partial charge >= 0.3 is 0 Å². The van der Waals surface area contributed by atoms with E-state index >= 15 is 0 Å². The lowest BCUT2D eigenvalue weighted by Crippen LogP contribution is -2.05. The van der Waals surface area contributed by atoms with Crippen LogP contribution in [0.5, 0.6) is 0 Å². The van der Waals surface area contributed by atoms with Gasteiger partial charge in [0, 0.05) is 11.1 Å². The molecule has 98 valence electrons. The molecule has 2 aromatic rings. The van der Waals surface area contributed by atoms with Gasteiger partial charge in [0.1, 0.15) is 0 Å². The molecule has 4 heteroatoms. The van der Waals surface area contributed by atoms with Gasteiger partial charge in [0.05, 0.1) is 0 Å². The van der Waals surface area contributed by atoms with E-state index in [1.165, 1.54) is 0 Å². The van der Waals surface area contributed by atoms with Crippen LogP contribution in [0.25, 0.3) is 0 Å². The van der Waals surface area contributed by atoms with Gasteiger partial charge in [-0.15, -0.1) is 0 Å². The molecule has 0 saturated carbocycles. The maximum Gasteiger partial charge on any atom is 0.194 e. The van der Waals surface area contributed by atoms with Crippen molar-refractivity contribution < 1.29 is 18.0 Å². The van der Waals surface area contributed by atoms with Crippen LogP contribution in [0.1, 0.15) is 27.0 Å². The van der Waals surface area contributed by atoms with E-state index in [1.807, 2.05) is 19.9 Å². The molecule has 0 heterocycles. The van der Waals surface area contributed by atoms with E-state index in [1.54, 1.807) is 12.1 Å². The lowest BCUT2D eigenvalue weighted by atomic mass is 9.99. The van der Waals surface area contributed by atoms with Crippen molar-refractivity contribution in [2.75, 3.05) is 0 Å². The van der Waals surface area contributed by atoms with E-state index in [-0.39, 0.29) is 5.56 Å². The van der Waals surface area contributed by atoms with E-state index in [2.05, 4.69) is 0 Å². The minimum Gasteiger partial charge on any atom is -0.289 e. The highest BCUT2D eigenvalue weighted by molar-refractivity contribution is 6.09. The van der Waals surface area contributed by atoms with Crippen molar-refractivity contribution in [2.45, 2.75) is 13.8 Å². The molecule has 0 radical (unpaired) electrons. The van der Waals surface area contributed by atoms with Gasteiger partial charge in [-0.05, 0) is 38.1 Å². The van der Waals surface area contributed by atoms with Crippen molar-refractivity contribution in [3.8, 4) is 0 Å². The van der Waals surface area contributed by atoms with Gasteiger partial charge < -0.3 is 0 Å². The van der Waals surface area contributed by atoms with Crippen LogP contribution in [-0.4, -0.2) is 5.78 Å². The van der Waals surface area contributed by atoms with Crippen LogP contribution in [0.15, 0.2) is 30.3 Å². The normalized spacial score (nSPS) is 10.6. The highest BCUT2D eigenvalue weighted by Crippen LogP contribution is 2.18. The smallest absolute Gasteiger partial charge is 0.194 e. The van der Waals surface area contributed by atoms with Crippen LogP contribution < -0.4 is 0 Å². The topological polar surface area (TPSA) is 17.1 Å². The summed E-state index contributed by atoms with van der Waals surface area (Å²) in [7, 11) is 0. The standard InChI is InChI=1S/C15H11F3O/c1-8-3-9(2)5-10(4-8)15(19)11-6-12(16)14(18)13(17)7-11/h3-7H,1-2H3. The quantitative estimate of drug-likeness (QED) is 0.593. The Hall–Kier alpha value is -2.10. The number of hydrogen-bond donors (Lipinski definition) is 0. The Morgan fingerprint density at radius 3 is 1.68 bits per heavy atom. The number of halogens is 3. The first-order valence-corrected chi connectivity index (χ1v) is 5.66. The Labute approximate surface area is 108 Å². The summed E-state index contributed by atoms with van der Waals surface area (Å²) in [6, 6.07) is 6.53. The van der Waals surface area contributed by atoms with Crippen LogP contribution in [-0.2, 0) is 0 Å². The first-order chi connectivity index (χ1) is 8.88. The average molecular weight is 264 g/mol.